The largest absolute Gasteiger partial charge is 0.254 e. The van der Waals surface area contributed by atoms with Gasteiger partial charge in [-0.15, -0.1) is 0 Å². The average molecular weight is 372 g/mol. The van der Waals surface area contributed by atoms with Crippen LogP contribution in [0.2, 0.25) is 0 Å². The van der Waals surface area contributed by atoms with Crippen LogP contribution < -0.4 is 0 Å². The number of allylic oxidation sites excluding steroid dienone is 5. The molecule has 0 aliphatic heterocycles. The number of fused-ring (bicyclic) bond motifs is 6. The number of benzene rings is 2. The van der Waals surface area contributed by atoms with Gasteiger partial charge in [-0.25, -0.2) is 4.98 Å². The maximum atomic E-state index is 5.01. The standard InChI is InChI=1S/C27H20N2/c1-17-4-5-18-6-9-21-16-22(10-12-23(21)24(18)15-17)25-13-11-20-8-7-19-3-2-14-28-26(19)27(20)29-25/h2-16,18,24H,1H3. The Morgan fingerprint density at radius 3 is 2.59 bits per heavy atom. The summed E-state index contributed by atoms with van der Waals surface area (Å²) in [7, 11) is 0. The highest BCUT2D eigenvalue weighted by molar-refractivity contribution is 6.03. The second-order valence-corrected chi connectivity index (χ2v) is 7.98. The zero-order chi connectivity index (χ0) is 19.4. The van der Waals surface area contributed by atoms with Crippen LogP contribution in [0.3, 0.4) is 0 Å². The van der Waals surface area contributed by atoms with Crippen LogP contribution in [0.1, 0.15) is 24.0 Å². The number of hydrogen-bond acceptors (Lipinski definition) is 2. The lowest BCUT2D eigenvalue weighted by Crippen LogP contribution is -2.14. The molecular weight excluding hydrogens is 352 g/mol. The molecule has 0 radical (unpaired) electrons. The second-order valence-electron chi connectivity index (χ2n) is 7.98. The Hall–Kier alpha value is -3.52. The monoisotopic (exact) mass is 372 g/mol. The van der Waals surface area contributed by atoms with Crippen molar-refractivity contribution in [1.82, 2.24) is 9.97 Å². The summed E-state index contributed by atoms with van der Waals surface area (Å²) in [6, 6.07) is 19.3. The highest BCUT2D eigenvalue weighted by Crippen LogP contribution is 2.40. The Bertz CT molecular complexity index is 1370. The van der Waals surface area contributed by atoms with Crippen molar-refractivity contribution in [2.24, 2.45) is 5.92 Å². The van der Waals surface area contributed by atoms with E-state index < -0.39 is 0 Å². The van der Waals surface area contributed by atoms with Gasteiger partial charge in [-0.3, -0.25) is 4.98 Å². The molecule has 0 spiro atoms. The molecule has 29 heavy (non-hydrogen) atoms. The fourth-order valence-corrected chi connectivity index (χ4v) is 4.59. The van der Waals surface area contributed by atoms with Crippen molar-refractivity contribution in [3.8, 4) is 11.3 Å². The summed E-state index contributed by atoms with van der Waals surface area (Å²) in [5.74, 6) is 0.903. The number of rotatable bonds is 1. The van der Waals surface area contributed by atoms with Gasteiger partial charge in [0.05, 0.1) is 16.7 Å². The molecule has 0 amide bonds. The van der Waals surface area contributed by atoms with Crippen LogP contribution >= 0.6 is 0 Å². The molecule has 0 N–H and O–H groups in total. The van der Waals surface area contributed by atoms with Crippen LogP contribution in [0.15, 0.2) is 90.7 Å². The van der Waals surface area contributed by atoms with Crippen molar-refractivity contribution in [1.29, 1.82) is 0 Å². The summed E-state index contributed by atoms with van der Waals surface area (Å²) in [4.78, 5) is 9.59. The van der Waals surface area contributed by atoms with Gasteiger partial charge in [0.2, 0.25) is 0 Å². The summed E-state index contributed by atoms with van der Waals surface area (Å²) in [5, 5.41) is 2.24. The number of pyridine rings is 2. The molecule has 0 saturated heterocycles. The number of nitrogens with zero attached hydrogens (tertiary/aromatic N) is 2. The minimum Gasteiger partial charge on any atom is -0.254 e. The first kappa shape index (κ1) is 16.4. The quantitative estimate of drug-likeness (QED) is 0.348. The molecule has 2 unspecified atom stereocenters. The summed E-state index contributed by atoms with van der Waals surface area (Å²) < 4.78 is 0. The van der Waals surface area contributed by atoms with Gasteiger partial charge in [-0.2, -0.15) is 0 Å². The predicted octanol–water partition coefficient (Wildman–Crippen LogP) is 6.69. The fraction of sp³-hybridized carbons (Fsp3) is 0.111. The molecule has 2 aliphatic carbocycles. The number of aromatic nitrogens is 2. The van der Waals surface area contributed by atoms with Crippen LogP contribution in [0.4, 0.5) is 0 Å². The lowest BCUT2D eigenvalue weighted by atomic mass is 9.75. The van der Waals surface area contributed by atoms with Gasteiger partial charge in [0.15, 0.2) is 0 Å². The molecule has 0 bridgehead atoms. The van der Waals surface area contributed by atoms with E-state index in [2.05, 4.69) is 90.8 Å². The van der Waals surface area contributed by atoms with Gasteiger partial charge in [0, 0.05) is 34.4 Å². The van der Waals surface area contributed by atoms with Crippen molar-refractivity contribution in [2.45, 2.75) is 12.8 Å². The molecule has 2 aromatic heterocycles. The third-order valence-electron chi connectivity index (χ3n) is 6.11. The maximum absolute atomic E-state index is 5.01. The Balaban J connectivity index is 1.49. The topological polar surface area (TPSA) is 25.8 Å². The molecule has 2 heteroatoms. The first-order valence-electron chi connectivity index (χ1n) is 10.1. The van der Waals surface area contributed by atoms with E-state index in [0.29, 0.717) is 11.8 Å². The van der Waals surface area contributed by atoms with Gasteiger partial charge in [-0.05, 0) is 36.2 Å². The van der Waals surface area contributed by atoms with Gasteiger partial charge >= 0.3 is 0 Å². The van der Waals surface area contributed by atoms with E-state index in [1.165, 1.54) is 16.7 Å². The van der Waals surface area contributed by atoms with Crippen molar-refractivity contribution >= 4 is 27.9 Å². The Kier molecular flexibility index (Phi) is 3.54. The van der Waals surface area contributed by atoms with Crippen LogP contribution in [0.5, 0.6) is 0 Å². The molecule has 0 fully saturated rings. The molecule has 2 aliphatic rings. The zero-order valence-corrected chi connectivity index (χ0v) is 16.2. The molecule has 2 heterocycles. The highest BCUT2D eigenvalue weighted by Gasteiger charge is 2.25. The molecule has 4 aromatic rings. The summed E-state index contributed by atoms with van der Waals surface area (Å²) in [5.41, 5.74) is 8.09. The Labute approximate surface area is 169 Å². The number of hydrogen-bond donors (Lipinski definition) is 0. The van der Waals surface area contributed by atoms with Crippen LogP contribution in [0.25, 0.3) is 39.1 Å². The third-order valence-corrected chi connectivity index (χ3v) is 6.11. The molecule has 2 atom stereocenters. The molecule has 2 aromatic carbocycles. The minimum atomic E-state index is 0.437. The minimum absolute atomic E-state index is 0.437. The van der Waals surface area contributed by atoms with Crippen LogP contribution in [-0.2, 0) is 0 Å². The van der Waals surface area contributed by atoms with Crippen LogP contribution in [-0.4, -0.2) is 9.97 Å². The van der Waals surface area contributed by atoms with E-state index >= 15 is 0 Å². The van der Waals surface area contributed by atoms with E-state index in [1.54, 1.807) is 0 Å². The van der Waals surface area contributed by atoms with Gasteiger partial charge < -0.3 is 0 Å². The van der Waals surface area contributed by atoms with E-state index in [4.69, 9.17) is 4.98 Å². The second kappa shape index (κ2) is 6.25. The van der Waals surface area contributed by atoms with E-state index in [-0.39, 0.29) is 0 Å². The molecule has 2 nitrogen and oxygen atoms in total. The van der Waals surface area contributed by atoms with Crippen LogP contribution in [0, 0.1) is 5.92 Å². The van der Waals surface area contributed by atoms with E-state index in [0.717, 1.165) is 33.1 Å². The molecule has 6 rings (SSSR count). The summed E-state index contributed by atoms with van der Waals surface area (Å²) in [6.45, 7) is 2.18. The van der Waals surface area contributed by atoms with Gasteiger partial charge in [0.25, 0.3) is 0 Å². The lowest BCUT2D eigenvalue weighted by molar-refractivity contribution is 0.686. The summed E-state index contributed by atoms with van der Waals surface area (Å²) >= 11 is 0. The maximum Gasteiger partial charge on any atom is 0.0972 e. The van der Waals surface area contributed by atoms with Crippen molar-refractivity contribution in [3.05, 3.63) is 102 Å². The van der Waals surface area contributed by atoms with Gasteiger partial charge in [-0.1, -0.05) is 72.4 Å². The van der Waals surface area contributed by atoms with E-state index in [9.17, 15) is 0 Å². The van der Waals surface area contributed by atoms with E-state index in [1.807, 2.05) is 12.3 Å². The Morgan fingerprint density at radius 1 is 0.828 bits per heavy atom. The van der Waals surface area contributed by atoms with Crippen molar-refractivity contribution in [3.63, 3.8) is 0 Å². The SMILES string of the molecule is CC1=CC2c3ccc(-c4ccc5ccc6cccnc6c5n4)cc3C=CC2C=C1. The van der Waals surface area contributed by atoms with Crippen molar-refractivity contribution < 1.29 is 0 Å². The predicted molar refractivity (Wildman–Crippen MR) is 121 cm³/mol. The fourth-order valence-electron chi connectivity index (χ4n) is 4.59. The molecular formula is C27H20N2. The zero-order valence-electron chi connectivity index (χ0n) is 16.2. The van der Waals surface area contributed by atoms with Crippen molar-refractivity contribution in [2.75, 3.05) is 0 Å². The first-order chi connectivity index (χ1) is 14.3. The molecule has 138 valence electrons. The smallest absolute Gasteiger partial charge is 0.0972 e. The molecule has 0 saturated carbocycles. The Morgan fingerprint density at radius 2 is 1.66 bits per heavy atom. The third kappa shape index (κ3) is 2.64. The first-order valence-corrected chi connectivity index (χ1v) is 10.1. The normalized spacial score (nSPS) is 19.8. The lowest BCUT2D eigenvalue weighted by Gasteiger charge is -2.28. The summed E-state index contributed by atoms with van der Waals surface area (Å²) in [6.07, 6.45) is 13.3. The highest BCUT2D eigenvalue weighted by atomic mass is 14.7. The van der Waals surface area contributed by atoms with Gasteiger partial charge in [0.1, 0.15) is 0 Å². The average Bonchev–Trinajstić information content (AvgIpc) is 2.78.